The predicted molar refractivity (Wildman–Crippen MR) is 83.2 cm³/mol. The molecule has 1 heterocycles. The van der Waals surface area contributed by atoms with Gasteiger partial charge < -0.3 is 10.6 Å². The molecule has 5 nitrogen and oxygen atoms in total. The molecule has 1 aromatic heterocycles. The number of nitrogens with zero attached hydrogens (tertiary/aromatic N) is 1. The first-order valence-corrected chi connectivity index (χ1v) is 7.34. The summed E-state index contributed by atoms with van der Waals surface area (Å²) in [7, 11) is 0. The molecule has 0 radical (unpaired) electrons. The lowest BCUT2D eigenvalue weighted by molar-refractivity contribution is -0.136. The van der Waals surface area contributed by atoms with Crippen molar-refractivity contribution in [2.45, 2.75) is 27.3 Å². The number of carbonyl (C=O) groups excluding carboxylic acids is 2. The maximum Gasteiger partial charge on any atom is 0.313 e. The molecule has 0 fully saturated rings. The van der Waals surface area contributed by atoms with Crippen molar-refractivity contribution >= 4 is 28.8 Å². The van der Waals surface area contributed by atoms with Gasteiger partial charge in [0.15, 0.2) is 0 Å². The molecule has 0 aliphatic carbocycles. The first kappa shape index (κ1) is 15.2. The average Bonchev–Trinajstić information content (AvgIpc) is 2.80. The van der Waals surface area contributed by atoms with Crippen LogP contribution in [0, 0.1) is 20.8 Å². The summed E-state index contributed by atoms with van der Waals surface area (Å²) in [5.41, 5.74) is 2.69. The number of thiazole rings is 1. The predicted octanol–water partition coefficient (Wildman–Crippen LogP) is 2.32. The molecule has 110 valence electrons. The second kappa shape index (κ2) is 6.49. The molecule has 0 bridgehead atoms. The Morgan fingerprint density at radius 3 is 2.33 bits per heavy atom. The van der Waals surface area contributed by atoms with E-state index in [0.717, 1.165) is 21.0 Å². The van der Waals surface area contributed by atoms with E-state index >= 15 is 0 Å². The molecule has 2 rings (SSSR count). The minimum atomic E-state index is -0.666. The topological polar surface area (TPSA) is 71.1 Å². The van der Waals surface area contributed by atoms with Gasteiger partial charge in [0.05, 0.1) is 11.6 Å². The van der Waals surface area contributed by atoms with Crippen LogP contribution in [0.25, 0.3) is 0 Å². The summed E-state index contributed by atoms with van der Waals surface area (Å²) in [4.78, 5) is 28.6. The normalized spacial score (nSPS) is 10.2. The quantitative estimate of drug-likeness (QED) is 0.855. The molecule has 0 aliphatic heterocycles. The van der Waals surface area contributed by atoms with E-state index in [4.69, 9.17) is 0 Å². The van der Waals surface area contributed by atoms with Gasteiger partial charge >= 0.3 is 11.8 Å². The first-order valence-electron chi connectivity index (χ1n) is 6.53. The van der Waals surface area contributed by atoms with E-state index in [0.29, 0.717) is 12.2 Å². The van der Waals surface area contributed by atoms with E-state index in [2.05, 4.69) is 15.6 Å². The summed E-state index contributed by atoms with van der Waals surface area (Å²) in [6.07, 6.45) is 1.70. The van der Waals surface area contributed by atoms with Crippen molar-refractivity contribution in [3.8, 4) is 0 Å². The lowest BCUT2D eigenvalue weighted by Gasteiger charge is -2.07. The molecule has 2 N–H and O–H groups in total. The van der Waals surface area contributed by atoms with Crippen molar-refractivity contribution < 1.29 is 9.59 Å². The van der Waals surface area contributed by atoms with Crippen LogP contribution in [0.15, 0.2) is 24.4 Å². The molecule has 1 aromatic carbocycles. The fourth-order valence-corrected chi connectivity index (χ4v) is 2.70. The summed E-state index contributed by atoms with van der Waals surface area (Å²) in [5.74, 6) is -1.32. The van der Waals surface area contributed by atoms with E-state index < -0.39 is 11.8 Å². The number of aryl methyl sites for hydroxylation is 3. The molecule has 0 saturated heterocycles. The Morgan fingerprint density at radius 2 is 1.76 bits per heavy atom. The Hall–Kier alpha value is -2.21. The number of nitrogens with one attached hydrogen (secondary N) is 2. The molecule has 21 heavy (non-hydrogen) atoms. The van der Waals surface area contributed by atoms with Crippen molar-refractivity contribution in [2.24, 2.45) is 0 Å². The molecule has 0 aliphatic rings. The van der Waals surface area contributed by atoms with Gasteiger partial charge in [-0.2, -0.15) is 0 Å². The van der Waals surface area contributed by atoms with Crippen molar-refractivity contribution in [2.75, 3.05) is 5.32 Å². The van der Waals surface area contributed by atoms with Gasteiger partial charge in [0.25, 0.3) is 0 Å². The third-order valence-corrected chi connectivity index (χ3v) is 3.69. The van der Waals surface area contributed by atoms with Gasteiger partial charge in [0.2, 0.25) is 0 Å². The van der Waals surface area contributed by atoms with E-state index in [1.54, 1.807) is 6.20 Å². The maximum absolute atomic E-state index is 11.8. The Morgan fingerprint density at radius 1 is 1.10 bits per heavy atom. The highest BCUT2D eigenvalue weighted by Crippen LogP contribution is 2.14. The Bertz CT molecular complexity index is 659. The van der Waals surface area contributed by atoms with Gasteiger partial charge in [-0.05, 0) is 44.0 Å². The zero-order valence-electron chi connectivity index (χ0n) is 12.2. The van der Waals surface area contributed by atoms with Crippen LogP contribution in [0.1, 0.15) is 21.0 Å². The average molecular weight is 303 g/mol. The maximum atomic E-state index is 11.8. The van der Waals surface area contributed by atoms with Crippen LogP contribution in [-0.2, 0) is 16.1 Å². The summed E-state index contributed by atoms with van der Waals surface area (Å²) >= 11 is 1.49. The number of hydrogen-bond acceptors (Lipinski definition) is 4. The van der Waals surface area contributed by atoms with Gasteiger partial charge in [-0.25, -0.2) is 4.98 Å². The molecule has 0 spiro atoms. The van der Waals surface area contributed by atoms with Crippen LogP contribution < -0.4 is 10.6 Å². The number of aromatic nitrogens is 1. The van der Waals surface area contributed by atoms with E-state index in [9.17, 15) is 9.59 Å². The van der Waals surface area contributed by atoms with E-state index in [1.807, 2.05) is 39.0 Å². The van der Waals surface area contributed by atoms with Gasteiger partial charge in [0, 0.05) is 16.8 Å². The Labute approximate surface area is 127 Å². The molecule has 0 saturated carbocycles. The molecule has 2 aromatic rings. The lowest BCUT2D eigenvalue weighted by atomic mass is 10.1. The monoisotopic (exact) mass is 303 g/mol. The second-order valence-electron chi connectivity index (χ2n) is 4.86. The summed E-state index contributed by atoms with van der Waals surface area (Å²) in [6, 6.07) is 5.65. The Balaban J connectivity index is 1.91. The molecule has 0 atom stereocenters. The highest BCUT2D eigenvalue weighted by molar-refractivity contribution is 7.11. The highest BCUT2D eigenvalue weighted by Gasteiger charge is 2.14. The van der Waals surface area contributed by atoms with Crippen LogP contribution >= 0.6 is 11.3 Å². The number of carbonyl (C=O) groups is 2. The molecule has 6 heteroatoms. The molecule has 2 amide bonds. The number of rotatable bonds is 3. The molecule has 0 unspecified atom stereocenters. The van der Waals surface area contributed by atoms with Crippen molar-refractivity contribution in [3.05, 3.63) is 45.4 Å². The van der Waals surface area contributed by atoms with Crippen molar-refractivity contribution in [3.63, 3.8) is 0 Å². The van der Waals surface area contributed by atoms with E-state index in [-0.39, 0.29) is 0 Å². The SMILES string of the molecule is Cc1cc(C)cc(NC(=O)C(=O)NCc2cnc(C)s2)c1. The van der Waals surface area contributed by atoms with Crippen LogP contribution in [0.2, 0.25) is 0 Å². The van der Waals surface area contributed by atoms with Crippen LogP contribution in [0.3, 0.4) is 0 Å². The number of anilines is 1. The van der Waals surface area contributed by atoms with Crippen molar-refractivity contribution in [1.82, 2.24) is 10.3 Å². The third-order valence-electron chi connectivity index (χ3n) is 2.78. The van der Waals surface area contributed by atoms with Crippen LogP contribution in [0.5, 0.6) is 0 Å². The number of benzene rings is 1. The smallest absolute Gasteiger partial charge is 0.313 e. The molecular formula is C15H17N3O2S. The largest absolute Gasteiger partial charge is 0.343 e. The van der Waals surface area contributed by atoms with Crippen molar-refractivity contribution in [1.29, 1.82) is 0 Å². The van der Waals surface area contributed by atoms with Gasteiger partial charge in [-0.15, -0.1) is 11.3 Å². The fraction of sp³-hybridized carbons (Fsp3) is 0.267. The van der Waals surface area contributed by atoms with Gasteiger partial charge in [-0.3, -0.25) is 9.59 Å². The van der Waals surface area contributed by atoms with Crippen LogP contribution in [-0.4, -0.2) is 16.8 Å². The second-order valence-corrected chi connectivity index (χ2v) is 6.18. The summed E-state index contributed by atoms with van der Waals surface area (Å²) in [6.45, 7) is 6.08. The van der Waals surface area contributed by atoms with Gasteiger partial charge in [-0.1, -0.05) is 6.07 Å². The highest BCUT2D eigenvalue weighted by atomic mass is 32.1. The van der Waals surface area contributed by atoms with Crippen LogP contribution in [0.4, 0.5) is 5.69 Å². The van der Waals surface area contributed by atoms with E-state index in [1.165, 1.54) is 11.3 Å². The minimum absolute atomic E-state index is 0.310. The third kappa shape index (κ3) is 4.39. The number of hydrogen-bond donors (Lipinski definition) is 2. The summed E-state index contributed by atoms with van der Waals surface area (Å²) in [5, 5.41) is 6.11. The molecular weight excluding hydrogens is 286 g/mol. The zero-order chi connectivity index (χ0) is 15.4. The standard InChI is InChI=1S/C15H17N3O2S/c1-9-4-10(2)6-12(5-9)18-15(20)14(19)17-8-13-7-16-11(3)21-13/h4-7H,8H2,1-3H3,(H,17,19)(H,18,20). The van der Waals surface area contributed by atoms with Gasteiger partial charge in [0.1, 0.15) is 0 Å². The fourth-order valence-electron chi connectivity index (χ4n) is 1.97. The zero-order valence-corrected chi connectivity index (χ0v) is 13.0. The first-order chi connectivity index (χ1) is 9.94. The lowest BCUT2D eigenvalue weighted by Crippen LogP contribution is -2.34. The summed E-state index contributed by atoms with van der Waals surface area (Å²) < 4.78 is 0. The Kier molecular flexibility index (Phi) is 4.70. The number of amides is 2. The minimum Gasteiger partial charge on any atom is -0.343 e.